The zero-order chi connectivity index (χ0) is 25.5. The van der Waals surface area contributed by atoms with Crippen molar-refractivity contribution in [2.24, 2.45) is 0 Å². The van der Waals surface area contributed by atoms with Gasteiger partial charge in [0.15, 0.2) is 5.65 Å². The molecule has 3 heterocycles. The van der Waals surface area contributed by atoms with Gasteiger partial charge in [-0.15, -0.1) is 0 Å². The van der Waals surface area contributed by atoms with E-state index in [1.807, 2.05) is 49.4 Å². The highest BCUT2D eigenvalue weighted by Gasteiger charge is 2.24. The van der Waals surface area contributed by atoms with Gasteiger partial charge in [0.05, 0.1) is 12.6 Å². The second kappa shape index (κ2) is 9.20. The average Bonchev–Trinajstić information content (AvgIpc) is 3.51. The number of allylic oxidation sites excluding steroid dienone is 1. The van der Waals surface area contributed by atoms with E-state index in [9.17, 15) is 9.18 Å². The number of fused-ring (bicyclic) bond motifs is 1. The molecule has 0 atom stereocenters. The molecule has 1 aliphatic carbocycles. The molecule has 0 radical (unpaired) electrons. The zero-order valence-electron chi connectivity index (χ0n) is 20.5. The van der Waals surface area contributed by atoms with Gasteiger partial charge in [0, 0.05) is 29.9 Å². The summed E-state index contributed by atoms with van der Waals surface area (Å²) in [5.74, 6) is 1.19. The second-order valence-electron chi connectivity index (χ2n) is 9.62. The first kappa shape index (κ1) is 23.0. The van der Waals surface area contributed by atoms with Crippen molar-refractivity contribution in [2.75, 3.05) is 10.6 Å². The van der Waals surface area contributed by atoms with Crippen LogP contribution in [0.1, 0.15) is 36.0 Å². The first-order valence-corrected chi connectivity index (χ1v) is 12.4. The number of benzene rings is 2. The predicted molar refractivity (Wildman–Crippen MR) is 143 cm³/mol. The van der Waals surface area contributed by atoms with Crippen molar-refractivity contribution in [3.8, 4) is 11.1 Å². The molecule has 0 spiro atoms. The number of nitrogens with zero attached hydrogens (tertiary/aromatic N) is 3. The number of carbonyl (C=O) groups is 1. The fourth-order valence-electron chi connectivity index (χ4n) is 4.62. The lowest BCUT2D eigenvalue weighted by Crippen LogP contribution is -2.10. The Morgan fingerprint density at radius 2 is 2.03 bits per heavy atom. The van der Waals surface area contributed by atoms with E-state index in [1.54, 1.807) is 16.8 Å². The normalized spacial score (nSPS) is 16.4. The molecule has 1 saturated carbocycles. The first-order valence-electron chi connectivity index (χ1n) is 12.4. The molecule has 1 aliphatic heterocycles. The predicted octanol–water partition coefficient (Wildman–Crippen LogP) is 5.45. The van der Waals surface area contributed by atoms with Gasteiger partial charge in [-0.2, -0.15) is 9.61 Å². The van der Waals surface area contributed by atoms with E-state index in [0.717, 1.165) is 52.0 Å². The van der Waals surface area contributed by atoms with Gasteiger partial charge in [0.1, 0.15) is 17.5 Å². The Kier molecular flexibility index (Phi) is 5.71. The lowest BCUT2D eigenvalue weighted by molar-refractivity contribution is -0.118. The summed E-state index contributed by atoms with van der Waals surface area (Å²) in [7, 11) is 0. The summed E-state index contributed by atoms with van der Waals surface area (Å²) in [5, 5.41) is 14.3. The summed E-state index contributed by atoms with van der Waals surface area (Å²) in [6, 6.07) is 15.2. The molecular formula is C29H27FN6O. The van der Waals surface area contributed by atoms with Crippen LogP contribution in [0.5, 0.6) is 0 Å². The third-order valence-electron chi connectivity index (χ3n) is 6.75. The molecular weight excluding hydrogens is 467 g/mol. The summed E-state index contributed by atoms with van der Waals surface area (Å²) in [6.07, 6.45) is 6.19. The van der Waals surface area contributed by atoms with E-state index in [4.69, 9.17) is 4.98 Å². The van der Waals surface area contributed by atoms with Crippen molar-refractivity contribution in [3.05, 3.63) is 95.1 Å². The Labute approximate surface area is 214 Å². The maximum absolute atomic E-state index is 14.2. The summed E-state index contributed by atoms with van der Waals surface area (Å²) in [4.78, 5) is 16.6. The maximum Gasteiger partial charge on any atom is 0.228 e. The highest BCUT2D eigenvalue weighted by Crippen LogP contribution is 2.31. The largest absolute Gasteiger partial charge is 0.367 e. The van der Waals surface area contributed by atoms with E-state index in [0.29, 0.717) is 29.7 Å². The summed E-state index contributed by atoms with van der Waals surface area (Å²) in [6.45, 7) is 6.43. The number of halogens is 1. The van der Waals surface area contributed by atoms with Crippen molar-refractivity contribution in [1.82, 2.24) is 19.9 Å². The van der Waals surface area contributed by atoms with Crippen LogP contribution in [0.4, 0.5) is 16.0 Å². The monoisotopic (exact) mass is 494 g/mol. The Morgan fingerprint density at radius 1 is 1.19 bits per heavy atom. The molecule has 7 nitrogen and oxygen atoms in total. The maximum atomic E-state index is 14.2. The van der Waals surface area contributed by atoms with Gasteiger partial charge >= 0.3 is 0 Å². The first-order chi connectivity index (χ1) is 17.9. The molecule has 6 rings (SSSR count). The number of hydrogen-bond acceptors (Lipinski definition) is 5. The molecule has 2 aromatic carbocycles. The molecule has 2 aliphatic rings. The number of carbonyl (C=O) groups excluding carboxylic acids is 1. The zero-order valence-corrected chi connectivity index (χ0v) is 20.5. The topological polar surface area (TPSA) is 83.4 Å². The van der Waals surface area contributed by atoms with Gasteiger partial charge < -0.3 is 16.0 Å². The Balaban J connectivity index is 1.36. The molecule has 2 aromatic heterocycles. The molecule has 37 heavy (non-hydrogen) atoms. The lowest BCUT2D eigenvalue weighted by Gasteiger charge is -2.15. The fraction of sp³-hybridized carbons (Fsp3) is 0.207. The van der Waals surface area contributed by atoms with Crippen LogP contribution in [-0.2, 0) is 11.3 Å². The number of nitrogens with one attached hydrogen (secondary N) is 3. The van der Waals surface area contributed by atoms with Gasteiger partial charge in [-0.3, -0.25) is 4.79 Å². The number of amides is 1. The number of anilines is 2. The highest BCUT2D eigenvalue weighted by molar-refractivity contribution is 5.89. The Bertz CT molecular complexity index is 1580. The smallest absolute Gasteiger partial charge is 0.228 e. The third-order valence-corrected chi connectivity index (χ3v) is 6.75. The minimum absolute atomic E-state index is 0.0668. The average molecular weight is 495 g/mol. The summed E-state index contributed by atoms with van der Waals surface area (Å²) >= 11 is 0. The van der Waals surface area contributed by atoms with Crippen LogP contribution >= 0.6 is 0 Å². The molecule has 0 bridgehead atoms. The summed E-state index contributed by atoms with van der Waals surface area (Å²) < 4.78 is 16.0. The van der Waals surface area contributed by atoms with Gasteiger partial charge in [-0.05, 0) is 65.8 Å². The van der Waals surface area contributed by atoms with Crippen LogP contribution < -0.4 is 16.0 Å². The van der Waals surface area contributed by atoms with Crippen molar-refractivity contribution < 1.29 is 9.18 Å². The van der Waals surface area contributed by atoms with E-state index in [2.05, 4.69) is 27.6 Å². The van der Waals surface area contributed by atoms with Crippen LogP contribution in [0, 0.1) is 12.7 Å². The van der Waals surface area contributed by atoms with Crippen LogP contribution in [0.2, 0.25) is 0 Å². The van der Waals surface area contributed by atoms with Crippen LogP contribution in [-0.4, -0.2) is 26.5 Å². The fourth-order valence-corrected chi connectivity index (χ4v) is 4.62. The van der Waals surface area contributed by atoms with Gasteiger partial charge in [-0.1, -0.05) is 36.9 Å². The molecule has 1 amide bonds. The van der Waals surface area contributed by atoms with E-state index in [1.165, 1.54) is 6.07 Å². The van der Waals surface area contributed by atoms with E-state index in [-0.39, 0.29) is 18.1 Å². The van der Waals surface area contributed by atoms with Crippen molar-refractivity contribution in [3.63, 3.8) is 0 Å². The van der Waals surface area contributed by atoms with Crippen molar-refractivity contribution in [1.29, 1.82) is 0 Å². The number of hydrogen-bond donors (Lipinski definition) is 3. The molecule has 186 valence electrons. The van der Waals surface area contributed by atoms with Crippen molar-refractivity contribution >= 4 is 29.3 Å². The van der Waals surface area contributed by atoms with Gasteiger partial charge in [0.25, 0.3) is 0 Å². The third kappa shape index (κ3) is 4.70. The number of aryl methyl sites for hydroxylation is 1. The Hall–Kier alpha value is -4.46. The minimum atomic E-state index is -0.268. The lowest BCUT2D eigenvalue weighted by atomic mass is 9.96. The molecule has 3 N–H and O–H groups in total. The molecule has 4 aromatic rings. The minimum Gasteiger partial charge on any atom is -0.367 e. The number of rotatable bonds is 7. The molecule has 0 unspecified atom stereocenters. The molecule has 8 heteroatoms. The van der Waals surface area contributed by atoms with Crippen LogP contribution in [0.15, 0.2) is 72.6 Å². The van der Waals surface area contributed by atoms with E-state index < -0.39 is 0 Å². The summed E-state index contributed by atoms with van der Waals surface area (Å²) in [5.41, 5.74) is 6.82. The molecule has 1 saturated heterocycles. The SMILES string of the molecule is C=C1NC(=O)C/C1=C\c1cnn2c(NC3CC3)cc(NCc3ccc(F)cc3-c3ccccc3C)nc12. The Morgan fingerprint density at radius 3 is 2.78 bits per heavy atom. The van der Waals surface area contributed by atoms with Crippen molar-refractivity contribution in [2.45, 2.75) is 38.8 Å². The number of aromatic nitrogens is 3. The van der Waals surface area contributed by atoms with Crippen LogP contribution in [0.3, 0.4) is 0 Å². The molecule has 2 fully saturated rings. The quantitative estimate of drug-likeness (QED) is 0.318. The van der Waals surface area contributed by atoms with Gasteiger partial charge in [0.2, 0.25) is 5.91 Å². The second-order valence-corrected chi connectivity index (χ2v) is 9.62. The van der Waals surface area contributed by atoms with Crippen LogP contribution in [0.25, 0.3) is 22.9 Å². The highest BCUT2D eigenvalue weighted by atomic mass is 19.1. The standard InChI is InChI=1S/C29H27FN6O/c1-17-5-3-4-6-24(17)25-13-22(30)8-7-19(25)15-31-26-14-27(34-23-9-10-23)36-29(35-26)21(16-32-36)11-20-12-28(37)33-18(20)2/h3-8,11,13-14,16,23,34H,2,9-10,12,15H2,1H3,(H,31,35)(H,33,37)/b20-11+. The van der Waals surface area contributed by atoms with Gasteiger partial charge in [-0.25, -0.2) is 9.37 Å². The van der Waals surface area contributed by atoms with E-state index >= 15 is 0 Å².